The van der Waals surface area contributed by atoms with Crippen LogP contribution in [0, 0.1) is 11.3 Å². The number of hydrogen-bond donors (Lipinski definition) is 5. The van der Waals surface area contributed by atoms with Crippen LogP contribution in [-0.2, 0) is 10.9 Å². The fourth-order valence-electron chi connectivity index (χ4n) is 2.73. The van der Waals surface area contributed by atoms with E-state index in [1.165, 1.54) is 6.07 Å². The Hall–Kier alpha value is -3.28. The highest BCUT2D eigenvalue weighted by atomic mass is 19.4. The van der Waals surface area contributed by atoms with Gasteiger partial charge in [-0.05, 0) is 0 Å². The van der Waals surface area contributed by atoms with E-state index >= 15 is 0 Å². The molecule has 0 spiro atoms. The van der Waals surface area contributed by atoms with Gasteiger partial charge in [-0.25, -0.2) is 4.98 Å². The summed E-state index contributed by atoms with van der Waals surface area (Å²) >= 11 is 0. The van der Waals surface area contributed by atoms with Crippen LogP contribution in [0.3, 0.4) is 0 Å². The van der Waals surface area contributed by atoms with Crippen LogP contribution in [0.1, 0.15) is 21.9 Å². The van der Waals surface area contributed by atoms with Gasteiger partial charge < -0.3 is 25.6 Å². The lowest BCUT2D eigenvalue weighted by Crippen LogP contribution is -2.58. The van der Waals surface area contributed by atoms with Crippen molar-refractivity contribution in [1.82, 2.24) is 25.5 Å². The lowest BCUT2D eigenvalue weighted by Gasteiger charge is -2.38. The SMILES string of the molecule is N#Cc1cc(C(=O)NC[C@H]2OC[C@H](Nc3cncc(C(F)(F)F)n3)[C@@H](O)[C@H]2O)[nH]n1. The van der Waals surface area contributed by atoms with Gasteiger partial charge in [0.05, 0.1) is 25.0 Å². The molecule has 14 heteroatoms. The molecule has 3 heterocycles. The van der Waals surface area contributed by atoms with E-state index in [0.29, 0.717) is 6.20 Å². The minimum atomic E-state index is -4.68. The standard InChI is InChI=1S/C16H16F3N7O4/c17-16(18,19)11-4-21-5-12(24-11)23-9-6-30-10(14(28)13(9)27)3-22-15(29)8-1-7(2-20)25-26-8/h1,4-5,9-10,13-14,27-28H,3,6H2,(H,22,29)(H,23,24)(H,25,26)/t9-,10+,13+,14-/m0/s1. The maximum atomic E-state index is 12.7. The number of ether oxygens (including phenoxy) is 1. The number of carbonyl (C=O) groups excluding carboxylic acids is 1. The summed E-state index contributed by atoms with van der Waals surface area (Å²) in [7, 11) is 0. The van der Waals surface area contributed by atoms with Crippen LogP contribution in [-0.4, -0.2) is 73.8 Å². The first kappa shape index (κ1) is 21.4. The number of halogens is 3. The van der Waals surface area contributed by atoms with E-state index in [9.17, 15) is 28.2 Å². The van der Waals surface area contributed by atoms with Crippen LogP contribution in [0.15, 0.2) is 18.5 Å². The smallest absolute Gasteiger partial charge is 0.388 e. The molecule has 2 aromatic heterocycles. The van der Waals surface area contributed by atoms with E-state index in [4.69, 9.17) is 10.00 Å². The minimum Gasteiger partial charge on any atom is -0.388 e. The quantitative estimate of drug-likeness (QED) is 0.419. The molecular weight excluding hydrogens is 411 g/mol. The molecule has 160 valence electrons. The first-order valence-corrected chi connectivity index (χ1v) is 8.56. The monoisotopic (exact) mass is 427 g/mol. The predicted molar refractivity (Wildman–Crippen MR) is 91.8 cm³/mol. The van der Waals surface area contributed by atoms with Crippen molar-refractivity contribution in [3.63, 3.8) is 0 Å². The van der Waals surface area contributed by atoms with Crippen molar-refractivity contribution in [3.8, 4) is 6.07 Å². The molecule has 1 amide bonds. The van der Waals surface area contributed by atoms with Crippen molar-refractivity contribution >= 4 is 11.7 Å². The van der Waals surface area contributed by atoms with Crippen LogP contribution in [0.5, 0.6) is 0 Å². The topological polar surface area (TPSA) is 169 Å². The average Bonchev–Trinajstić information content (AvgIpc) is 3.20. The second-order valence-electron chi connectivity index (χ2n) is 6.38. The van der Waals surface area contributed by atoms with E-state index in [1.807, 2.05) is 0 Å². The molecule has 0 aliphatic carbocycles. The number of anilines is 1. The molecule has 1 aliphatic heterocycles. The summed E-state index contributed by atoms with van der Waals surface area (Å²) in [5, 5.41) is 40.2. The lowest BCUT2D eigenvalue weighted by molar-refractivity contribution is -0.141. The van der Waals surface area contributed by atoms with Crippen LogP contribution >= 0.6 is 0 Å². The number of aliphatic hydroxyl groups is 2. The second kappa shape index (κ2) is 8.61. The Kier molecular flexibility index (Phi) is 6.15. The van der Waals surface area contributed by atoms with Gasteiger partial charge in [0.25, 0.3) is 5.91 Å². The third-order valence-electron chi connectivity index (χ3n) is 4.29. The number of nitrogens with one attached hydrogen (secondary N) is 3. The van der Waals surface area contributed by atoms with Gasteiger partial charge in [-0.1, -0.05) is 0 Å². The average molecular weight is 427 g/mol. The Balaban J connectivity index is 1.56. The zero-order valence-corrected chi connectivity index (χ0v) is 15.1. The van der Waals surface area contributed by atoms with Crippen LogP contribution < -0.4 is 10.6 Å². The number of alkyl halides is 3. The number of nitriles is 1. The van der Waals surface area contributed by atoms with Gasteiger partial charge in [0.1, 0.15) is 35.9 Å². The van der Waals surface area contributed by atoms with Crippen molar-refractivity contribution in [3.05, 3.63) is 35.5 Å². The Morgan fingerprint density at radius 3 is 2.80 bits per heavy atom. The molecule has 30 heavy (non-hydrogen) atoms. The molecule has 0 unspecified atom stereocenters. The van der Waals surface area contributed by atoms with Crippen LogP contribution in [0.25, 0.3) is 0 Å². The first-order chi connectivity index (χ1) is 14.2. The molecule has 1 fully saturated rings. The van der Waals surface area contributed by atoms with Crippen molar-refractivity contribution in [1.29, 1.82) is 5.26 Å². The van der Waals surface area contributed by atoms with Gasteiger partial charge in [-0.3, -0.25) is 14.9 Å². The van der Waals surface area contributed by atoms with Crippen molar-refractivity contribution in [2.45, 2.75) is 30.5 Å². The van der Waals surface area contributed by atoms with Gasteiger partial charge in [0.15, 0.2) is 11.4 Å². The summed E-state index contributed by atoms with van der Waals surface area (Å²) in [4.78, 5) is 18.9. The largest absolute Gasteiger partial charge is 0.434 e. The molecule has 3 rings (SSSR count). The molecule has 0 radical (unpaired) electrons. The summed E-state index contributed by atoms with van der Waals surface area (Å²) in [6.45, 7) is -0.354. The summed E-state index contributed by atoms with van der Waals surface area (Å²) in [6, 6.07) is 2.03. The van der Waals surface area contributed by atoms with E-state index in [-0.39, 0.29) is 30.4 Å². The highest BCUT2D eigenvalue weighted by Gasteiger charge is 2.39. The van der Waals surface area contributed by atoms with E-state index in [2.05, 4.69) is 30.8 Å². The number of aromatic nitrogens is 4. The van der Waals surface area contributed by atoms with Crippen LogP contribution in [0.2, 0.25) is 0 Å². The van der Waals surface area contributed by atoms with Crippen molar-refractivity contribution in [2.24, 2.45) is 0 Å². The summed E-state index contributed by atoms with van der Waals surface area (Å²) < 4.78 is 43.6. The minimum absolute atomic E-state index is 0.0242. The fourth-order valence-corrected chi connectivity index (χ4v) is 2.73. The number of aromatic amines is 1. The molecule has 4 atom stereocenters. The number of amides is 1. The van der Waals surface area contributed by atoms with E-state index in [1.54, 1.807) is 6.07 Å². The molecule has 11 nitrogen and oxygen atoms in total. The first-order valence-electron chi connectivity index (χ1n) is 8.56. The molecule has 2 aromatic rings. The summed E-state index contributed by atoms with van der Waals surface area (Å²) in [5.74, 6) is -0.849. The Morgan fingerprint density at radius 1 is 1.37 bits per heavy atom. The zero-order chi connectivity index (χ0) is 21.9. The normalized spacial score (nSPS) is 24.1. The van der Waals surface area contributed by atoms with E-state index < -0.39 is 42.1 Å². The molecule has 1 aliphatic rings. The lowest BCUT2D eigenvalue weighted by atomic mass is 9.98. The highest BCUT2D eigenvalue weighted by Crippen LogP contribution is 2.28. The molecule has 0 bridgehead atoms. The second-order valence-corrected chi connectivity index (χ2v) is 6.38. The zero-order valence-electron chi connectivity index (χ0n) is 15.1. The molecule has 1 saturated heterocycles. The van der Waals surface area contributed by atoms with Gasteiger partial charge in [-0.2, -0.15) is 23.5 Å². The number of nitrogens with zero attached hydrogens (tertiary/aromatic N) is 4. The molecule has 5 N–H and O–H groups in total. The number of aliphatic hydroxyl groups excluding tert-OH is 2. The van der Waals surface area contributed by atoms with Crippen LogP contribution in [0.4, 0.5) is 19.0 Å². The Labute approximate surface area is 166 Å². The molecular formula is C16H16F3N7O4. The maximum absolute atomic E-state index is 12.7. The Bertz CT molecular complexity index is 945. The number of H-pyrrole nitrogens is 1. The third kappa shape index (κ3) is 4.82. The van der Waals surface area contributed by atoms with Gasteiger partial charge >= 0.3 is 6.18 Å². The van der Waals surface area contributed by atoms with Crippen molar-refractivity contribution < 1.29 is 32.9 Å². The van der Waals surface area contributed by atoms with Gasteiger partial charge in [0.2, 0.25) is 0 Å². The Morgan fingerprint density at radius 2 is 2.13 bits per heavy atom. The number of carbonyl (C=O) groups is 1. The van der Waals surface area contributed by atoms with Crippen molar-refractivity contribution in [2.75, 3.05) is 18.5 Å². The third-order valence-corrected chi connectivity index (χ3v) is 4.29. The summed E-state index contributed by atoms with van der Waals surface area (Å²) in [6.07, 6.45) is -6.93. The number of hydrogen-bond acceptors (Lipinski definition) is 9. The van der Waals surface area contributed by atoms with Gasteiger partial charge in [0, 0.05) is 12.6 Å². The number of rotatable bonds is 5. The predicted octanol–water partition coefficient (Wildman–Crippen LogP) is -0.579. The highest BCUT2D eigenvalue weighted by molar-refractivity contribution is 5.92. The maximum Gasteiger partial charge on any atom is 0.434 e. The molecule has 0 saturated carbocycles. The summed E-state index contributed by atoms with van der Waals surface area (Å²) in [5.41, 5.74) is -1.16. The fraction of sp³-hybridized carbons (Fsp3) is 0.438. The van der Waals surface area contributed by atoms with Gasteiger partial charge in [-0.15, -0.1) is 0 Å². The molecule has 0 aromatic carbocycles. The van der Waals surface area contributed by atoms with E-state index in [0.717, 1.165) is 6.20 Å².